The maximum absolute atomic E-state index is 9.50. The predicted octanol–water partition coefficient (Wildman–Crippen LogP) is 0.506. The molecule has 2 unspecified atom stereocenters. The first-order chi connectivity index (χ1) is 6.02. The molecule has 3 heteroatoms. The summed E-state index contributed by atoms with van der Waals surface area (Å²) in [6.45, 7) is 6.35. The second kappa shape index (κ2) is 3.95. The average molecular weight is 187 g/mol. The first kappa shape index (κ1) is 11.0. The van der Waals surface area contributed by atoms with E-state index in [1.807, 2.05) is 0 Å². The highest BCUT2D eigenvalue weighted by Crippen LogP contribution is 2.40. The molecule has 0 amide bonds. The van der Waals surface area contributed by atoms with Crippen molar-refractivity contribution < 1.29 is 10.2 Å². The summed E-state index contributed by atoms with van der Waals surface area (Å²) in [5.74, 6) is 0. The molecular weight excluding hydrogens is 166 g/mol. The van der Waals surface area contributed by atoms with Crippen molar-refractivity contribution in [1.29, 1.82) is 0 Å². The number of hydrogen-bond acceptors (Lipinski definition) is 3. The van der Waals surface area contributed by atoms with Gasteiger partial charge in [0.05, 0.1) is 12.7 Å². The van der Waals surface area contributed by atoms with E-state index in [4.69, 9.17) is 5.11 Å². The summed E-state index contributed by atoms with van der Waals surface area (Å²) in [5, 5.41) is 21.9. The lowest BCUT2D eigenvalue weighted by Crippen LogP contribution is -2.62. The molecule has 0 aromatic carbocycles. The Morgan fingerprint density at radius 2 is 2.15 bits per heavy atom. The van der Waals surface area contributed by atoms with Crippen LogP contribution in [0.5, 0.6) is 0 Å². The van der Waals surface area contributed by atoms with E-state index in [-0.39, 0.29) is 24.2 Å². The van der Waals surface area contributed by atoms with Gasteiger partial charge in [-0.2, -0.15) is 0 Å². The van der Waals surface area contributed by atoms with Gasteiger partial charge in [0.1, 0.15) is 0 Å². The first-order valence-electron chi connectivity index (χ1n) is 5.07. The van der Waals surface area contributed by atoms with E-state index in [2.05, 4.69) is 26.1 Å². The molecule has 0 aromatic heterocycles. The van der Waals surface area contributed by atoms with E-state index < -0.39 is 0 Å². The van der Waals surface area contributed by atoms with E-state index >= 15 is 0 Å². The normalized spacial score (nSPS) is 33.9. The second-order valence-electron chi connectivity index (χ2n) is 4.58. The van der Waals surface area contributed by atoms with Crippen LogP contribution in [-0.4, -0.2) is 35.0 Å². The number of nitrogens with one attached hydrogen (secondary N) is 1. The fourth-order valence-electron chi connectivity index (χ4n) is 1.77. The van der Waals surface area contributed by atoms with E-state index in [1.165, 1.54) is 0 Å². The summed E-state index contributed by atoms with van der Waals surface area (Å²) in [6, 6.07) is 0.524. The molecule has 1 saturated carbocycles. The third-order valence-corrected chi connectivity index (χ3v) is 3.37. The highest BCUT2D eigenvalue weighted by molar-refractivity contribution is 5.02. The molecule has 1 aliphatic carbocycles. The zero-order valence-corrected chi connectivity index (χ0v) is 8.75. The fraction of sp³-hybridized carbons (Fsp3) is 1.00. The zero-order chi connectivity index (χ0) is 10.1. The Bertz CT molecular complexity index is 166. The summed E-state index contributed by atoms with van der Waals surface area (Å²) in [5.41, 5.74) is -0.0391. The average Bonchev–Trinajstić information content (AvgIpc) is 2.12. The maximum Gasteiger partial charge on any atom is 0.0621 e. The topological polar surface area (TPSA) is 52.5 Å². The second-order valence-corrected chi connectivity index (χ2v) is 4.58. The number of hydrogen-bond donors (Lipinski definition) is 3. The van der Waals surface area contributed by atoms with Crippen molar-refractivity contribution in [2.24, 2.45) is 5.41 Å². The largest absolute Gasteiger partial charge is 0.395 e. The Hall–Kier alpha value is -0.120. The summed E-state index contributed by atoms with van der Waals surface area (Å²) >= 11 is 0. The summed E-state index contributed by atoms with van der Waals surface area (Å²) in [7, 11) is 0. The zero-order valence-electron chi connectivity index (χ0n) is 8.75. The Balaban J connectivity index is 2.39. The van der Waals surface area contributed by atoms with Crippen molar-refractivity contribution in [3.63, 3.8) is 0 Å². The molecule has 3 nitrogen and oxygen atoms in total. The molecule has 3 atom stereocenters. The van der Waals surface area contributed by atoms with Crippen LogP contribution in [-0.2, 0) is 0 Å². The minimum absolute atomic E-state index is 0.0391. The molecule has 0 spiro atoms. The molecule has 0 aromatic rings. The van der Waals surface area contributed by atoms with Crippen LogP contribution in [0.25, 0.3) is 0 Å². The Kier molecular flexibility index (Phi) is 3.33. The first-order valence-corrected chi connectivity index (χ1v) is 5.07. The molecule has 0 radical (unpaired) electrons. The highest BCUT2D eigenvalue weighted by Gasteiger charge is 2.47. The van der Waals surface area contributed by atoms with Crippen molar-refractivity contribution >= 4 is 0 Å². The Morgan fingerprint density at radius 1 is 1.54 bits per heavy atom. The molecule has 0 saturated heterocycles. The SMILES string of the molecule is CC[C@H](CO)NC1CC(O)C1(C)C. The van der Waals surface area contributed by atoms with Gasteiger partial charge in [-0.15, -0.1) is 0 Å². The molecule has 0 aliphatic heterocycles. The van der Waals surface area contributed by atoms with Crippen LogP contribution in [0.1, 0.15) is 33.6 Å². The van der Waals surface area contributed by atoms with Crippen LogP contribution in [0.3, 0.4) is 0 Å². The standard InChI is InChI=1S/C10H21NO2/c1-4-7(6-12)11-8-5-9(13)10(8,2)3/h7-9,11-13H,4-6H2,1-3H3/t7-,8?,9?/m1/s1. The third kappa shape index (κ3) is 2.03. The molecule has 13 heavy (non-hydrogen) atoms. The van der Waals surface area contributed by atoms with Gasteiger partial charge in [0, 0.05) is 17.5 Å². The smallest absolute Gasteiger partial charge is 0.0621 e. The number of rotatable bonds is 4. The Morgan fingerprint density at radius 3 is 2.46 bits per heavy atom. The lowest BCUT2D eigenvalue weighted by molar-refractivity contribution is -0.0776. The fourth-order valence-corrected chi connectivity index (χ4v) is 1.77. The molecule has 1 rings (SSSR count). The van der Waals surface area contributed by atoms with E-state index in [1.54, 1.807) is 0 Å². The van der Waals surface area contributed by atoms with Gasteiger partial charge in [-0.25, -0.2) is 0 Å². The van der Waals surface area contributed by atoms with Gasteiger partial charge in [-0.3, -0.25) is 0 Å². The van der Waals surface area contributed by atoms with Crippen LogP contribution in [0.2, 0.25) is 0 Å². The maximum atomic E-state index is 9.50. The summed E-state index contributed by atoms with van der Waals surface area (Å²) < 4.78 is 0. The van der Waals surface area contributed by atoms with E-state index in [9.17, 15) is 5.11 Å². The lowest BCUT2D eigenvalue weighted by Gasteiger charge is -2.50. The van der Waals surface area contributed by atoms with E-state index in [0.29, 0.717) is 6.04 Å². The molecule has 0 heterocycles. The van der Waals surface area contributed by atoms with Gasteiger partial charge in [0.2, 0.25) is 0 Å². The van der Waals surface area contributed by atoms with Crippen molar-refractivity contribution in [1.82, 2.24) is 5.32 Å². The van der Waals surface area contributed by atoms with Crippen molar-refractivity contribution in [3.8, 4) is 0 Å². The minimum atomic E-state index is -0.193. The van der Waals surface area contributed by atoms with Gasteiger partial charge in [0.15, 0.2) is 0 Å². The van der Waals surface area contributed by atoms with Crippen LogP contribution in [0.15, 0.2) is 0 Å². The van der Waals surface area contributed by atoms with Crippen LogP contribution in [0, 0.1) is 5.41 Å². The van der Waals surface area contributed by atoms with Crippen molar-refractivity contribution in [3.05, 3.63) is 0 Å². The van der Waals surface area contributed by atoms with Crippen LogP contribution >= 0.6 is 0 Å². The van der Waals surface area contributed by atoms with Gasteiger partial charge in [-0.05, 0) is 12.8 Å². The number of aliphatic hydroxyl groups is 2. The van der Waals surface area contributed by atoms with Crippen molar-refractivity contribution in [2.75, 3.05) is 6.61 Å². The molecule has 0 bridgehead atoms. The molecule has 1 aliphatic rings. The monoisotopic (exact) mass is 187 g/mol. The van der Waals surface area contributed by atoms with E-state index in [0.717, 1.165) is 12.8 Å². The van der Waals surface area contributed by atoms with Gasteiger partial charge < -0.3 is 15.5 Å². The highest BCUT2D eigenvalue weighted by atomic mass is 16.3. The summed E-state index contributed by atoms with van der Waals surface area (Å²) in [4.78, 5) is 0. The molecule has 1 fully saturated rings. The quantitative estimate of drug-likeness (QED) is 0.601. The van der Waals surface area contributed by atoms with Gasteiger partial charge in [0.25, 0.3) is 0 Å². The number of aliphatic hydroxyl groups excluding tert-OH is 2. The molecule has 78 valence electrons. The third-order valence-electron chi connectivity index (χ3n) is 3.37. The van der Waals surface area contributed by atoms with Gasteiger partial charge >= 0.3 is 0 Å². The predicted molar refractivity (Wildman–Crippen MR) is 52.5 cm³/mol. The van der Waals surface area contributed by atoms with Gasteiger partial charge in [-0.1, -0.05) is 20.8 Å². The molecule has 3 N–H and O–H groups in total. The lowest BCUT2D eigenvalue weighted by atomic mass is 9.64. The minimum Gasteiger partial charge on any atom is -0.395 e. The molecular formula is C10H21NO2. The Labute approximate surface area is 80.2 Å². The summed E-state index contributed by atoms with van der Waals surface area (Å²) in [6.07, 6.45) is 1.55. The van der Waals surface area contributed by atoms with Crippen molar-refractivity contribution in [2.45, 2.75) is 51.8 Å². The van der Waals surface area contributed by atoms with Crippen LogP contribution in [0.4, 0.5) is 0 Å². The van der Waals surface area contributed by atoms with Crippen LogP contribution < -0.4 is 5.32 Å².